The first-order valence-electron chi connectivity index (χ1n) is 5.46. The van der Waals surface area contributed by atoms with Crippen molar-refractivity contribution in [1.82, 2.24) is 4.90 Å². The first-order chi connectivity index (χ1) is 8.69. The molecule has 0 amide bonds. The molecule has 1 aromatic carbocycles. The van der Waals surface area contributed by atoms with Crippen LogP contribution in [0, 0.1) is 12.3 Å². The molecule has 0 spiro atoms. The molecule has 0 N–H and O–H groups in total. The topological polar surface area (TPSA) is 21.7 Å². The van der Waals surface area contributed by atoms with Crippen molar-refractivity contribution in [2.24, 2.45) is 0 Å². The monoisotopic (exact) mass is 281 g/mol. The van der Waals surface area contributed by atoms with Crippen LogP contribution in [0.25, 0.3) is 0 Å². The average molecular weight is 282 g/mol. The zero-order valence-electron chi connectivity index (χ0n) is 9.64. The van der Waals surface area contributed by atoms with Crippen molar-refractivity contribution in [3.05, 3.63) is 29.3 Å². The fourth-order valence-electron chi connectivity index (χ4n) is 1.62. The lowest BCUT2D eigenvalue weighted by molar-refractivity contribution is 0.148. The highest BCUT2D eigenvalue weighted by molar-refractivity contribution is 7.80. The molecular formula is C13H12ClNO2S. The van der Waals surface area contributed by atoms with Gasteiger partial charge in [-0.1, -0.05) is 17.5 Å². The van der Waals surface area contributed by atoms with Gasteiger partial charge in [-0.25, -0.2) is 0 Å². The van der Waals surface area contributed by atoms with Gasteiger partial charge in [0.1, 0.15) is 12.4 Å². The second-order valence-electron chi connectivity index (χ2n) is 3.86. The predicted octanol–water partition coefficient (Wildman–Crippen LogP) is 2.34. The Balaban J connectivity index is 1.83. The maximum absolute atomic E-state index is 5.79. The van der Waals surface area contributed by atoms with Crippen LogP contribution in [0.15, 0.2) is 24.3 Å². The van der Waals surface area contributed by atoms with Crippen molar-refractivity contribution in [2.45, 2.75) is 6.10 Å². The molecule has 0 aliphatic carbocycles. The molecule has 1 saturated heterocycles. The van der Waals surface area contributed by atoms with Gasteiger partial charge in [0.15, 0.2) is 6.10 Å². The number of halogens is 1. The minimum absolute atomic E-state index is 0.0819. The van der Waals surface area contributed by atoms with Crippen LogP contribution in [-0.2, 0) is 4.74 Å². The first kappa shape index (κ1) is 13.0. The lowest BCUT2D eigenvalue weighted by atomic mass is 10.3. The number of ether oxygens (including phenoxy) is 2. The fourth-order valence-corrected chi connectivity index (χ4v) is 2.02. The van der Waals surface area contributed by atoms with E-state index in [1.807, 2.05) is 17.0 Å². The van der Waals surface area contributed by atoms with Crippen molar-refractivity contribution in [2.75, 3.05) is 19.7 Å². The van der Waals surface area contributed by atoms with Crippen molar-refractivity contribution < 1.29 is 9.47 Å². The quantitative estimate of drug-likeness (QED) is 0.624. The van der Waals surface area contributed by atoms with Crippen LogP contribution >= 0.6 is 23.8 Å². The van der Waals surface area contributed by atoms with E-state index in [4.69, 9.17) is 39.7 Å². The van der Waals surface area contributed by atoms with Crippen molar-refractivity contribution in [3.63, 3.8) is 0 Å². The van der Waals surface area contributed by atoms with Crippen LogP contribution in [0.2, 0.25) is 5.02 Å². The highest BCUT2D eigenvalue weighted by Crippen LogP contribution is 2.17. The SMILES string of the molecule is C#CCN1CC(COc2ccc(Cl)cc2)OC1=S. The van der Waals surface area contributed by atoms with Crippen LogP contribution in [-0.4, -0.2) is 35.9 Å². The van der Waals surface area contributed by atoms with Crippen LogP contribution in [0.5, 0.6) is 5.75 Å². The Morgan fingerprint density at radius 2 is 2.22 bits per heavy atom. The molecule has 0 saturated carbocycles. The van der Waals surface area contributed by atoms with Gasteiger partial charge in [-0.2, -0.15) is 0 Å². The largest absolute Gasteiger partial charge is 0.490 e. The summed E-state index contributed by atoms with van der Waals surface area (Å²) >= 11 is 10.9. The van der Waals surface area contributed by atoms with Crippen LogP contribution in [0.1, 0.15) is 0 Å². The zero-order chi connectivity index (χ0) is 13.0. The van der Waals surface area contributed by atoms with Crippen molar-refractivity contribution in [3.8, 4) is 18.1 Å². The third-order valence-electron chi connectivity index (χ3n) is 2.48. The number of hydrogen-bond acceptors (Lipinski definition) is 3. The first-order valence-corrected chi connectivity index (χ1v) is 6.25. The molecule has 1 atom stereocenters. The Hall–Kier alpha value is -1.44. The summed E-state index contributed by atoms with van der Waals surface area (Å²) in [6.07, 6.45) is 5.16. The van der Waals surface area contributed by atoms with E-state index in [0.717, 1.165) is 5.75 Å². The second kappa shape index (κ2) is 5.94. The highest BCUT2D eigenvalue weighted by atomic mass is 35.5. The second-order valence-corrected chi connectivity index (χ2v) is 4.64. The maximum Gasteiger partial charge on any atom is 0.260 e. The van der Waals surface area contributed by atoms with Gasteiger partial charge >= 0.3 is 0 Å². The Morgan fingerprint density at radius 1 is 1.50 bits per heavy atom. The van der Waals surface area contributed by atoms with E-state index in [0.29, 0.717) is 29.9 Å². The van der Waals surface area contributed by atoms with E-state index in [-0.39, 0.29) is 6.10 Å². The lowest BCUT2D eigenvalue weighted by Gasteiger charge is -2.11. The molecule has 0 radical (unpaired) electrons. The highest BCUT2D eigenvalue weighted by Gasteiger charge is 2.27. The van der Waals surface area contributed by atoms with E-state index in [1.165, 1.54) is 0 Å². The van der Waals surface area contributed by atoms with Gasteiger partial charge in [0.05, 0.1) is 13.1 Å². The van der Waals surface area contributed by atoms with Crippen LogP contribution < -0.4 is 4.74 Å². The summed E-state index contributed by atoms with van der Waals surface area (Å²) in [6.45, 7) is 1.57. The average Bonchev–Trinajstić information content (AvgIpc) is 2.70. The van der Waals surface area contributed by atoms with Gasteiger partial charge in [-0.3, -0.25) is 0 Å². The number of nitrogens with zero attached hydrogens (tertiary/aromatic N) is 1. The number of terminal acetylenes is 1. The normalized spacial score (nSPS) is 18.3. The minimum Gasteiger partial charge on any atom is -0.490 e. The summed E-state index contributed by atoms with van der Waals surface area (Å²) in [5.41, 5.74) is 0. The summed E-state index contributed by atoms with van der Waals surface area (Å²) < 4.78 is 11.1. The van der Waals surface area contributed by atoms with Gasteiger partial charge in [0.2, 0.25) is 0 Å². The maximum atomic E-state index is 5.79. The Bertz CT molecular complexity index is 469. The van der Waals surface area contributed by atoms with Crippen LogP contribution in [0.4, 0.5) is 0 Å². The van der Waals surface area contributed by atoms with E-state index in [1.54, 1.807) is 12.1 Å². The number of thiocarbonyl (C=S) groups is 1. The molecule has 1 aliphatic heterocycles. The van der Waals surface area contributed by atoms with E-state index >= 15 is 0 Å². The van der Waals surface area contributed by atoms with Gasteiger partial charge in [0.25, 0.3) is 5.17 Å². The molecule has 0 bridgehead atoms. The van der Waals surface area contributed by atoms with E-state index in [2.05, 4.69) is 5.92 Å². The summed E-state index contributed by atoms with van der Waals surface area (Å²) in [4.78, 5) is 1.84. The van der Waals surface area contributed by atoms with Gasteiger partial charge in [0, 0.05) is 5.02 Å². The summed E-state index contributed by atoms with van der Waals surface area (Å²) in [6, 6.07) is 7.19. The van der Waals surface area contributed by atoms with E-state index in [9.17, 15) is 0 Å². The molecule has 5 heteroatoms. The molecule has 1 unspecified atom stereocenters. The predicted molar refractivity (Wildman–Crippen MR) is 74.8 cm³/mol. The van der Waals surface area contributed by atoms with Crippen molar-refractivity contribution in [1.29, 1.82) is 0 Å². The van der Waals surface area contributed by atoms with E-state index < -0.39 is 0 Å². The summed E-state index contributed by atoms with van der Waals surface area (Å²) in [5, 5.41) is 1.12. The minimum atomic E-state index is -0.0819. The number of rotatable bonds is 4. The van der Waals surface area contributed by atoms with Gasteiger partial charge < -0.3 is 14.4 Å². The molecule has 1 fully saturated rings. The molecule has 1 aromatic rings. The zero-order valence-corrected chi connectivity index (χ0v) is 11.2. The van der Waals surface area contributed by atoms with Gasteiger partial charge in [-0.05, 0) is 36.5 Å². The Morgan fingerprint density at radius 3 is 2.89 bits per heavy atom. The Labute approximate surface area is 117 Å². The molecule has 1 heterocycles. The lowest BCUT2D eigenvalue weighted by Crippen LogP contribution is -2.27. The number of hydrogen-bond donors (Lipinski definition) is 0. The molecule has 1 aliphatic rings. The third kappa shape index (κ3) is 3.28. The Kier molecular flexibility index (Phi) is 4.29. The summed E-state index contributed by atoms with van der Waals surface area (Å²) in [5.74, 6) is 3.30. The third-order valence-corrected chi connectivity index (χ3v) is 3.09. The molecule has 18 heavy (non-hydrogen) atoms. The molecule has 2 rings (SSSR count). The molecule has 94 valence electrons. The van der Waals surface area contributed by atoms with Crippen LogP contribution in [0.3, 0.4) is 0 Å². The fraction of sp³-hybridized carbons (Fsp3) is 0.308. The number of benzene rings is 1. The smallest absolute Gasteiger partial charge is 0.260 e. The summed E-state index contributed by atoms with van der Waals surface area (Å²) in [7, 11) is 0. The standard InChI is InChI=1S/C13H12ClNO2S/c1-2-7-15-8-12(17-13(15)18)9-16-11-5-3-10(14)4-6-11/h1,3-6,12H,7-9H2. The molecule has 0 aromatic heterocycles. The van der Waals surface area contributed by atoms with Crippen molar-refractivity contribution >= 4 is 29.0 Å². The molecular weight excluding hydrogens is 270 g/mol. The van der Waals surface area contributed by atoms with Gasteiger partial charge in [-0.15, -0.1) is 6.42 Å². The molecule has 3 nitrogen and oxygen atoms in total.